The number of amides is 1. The molecule has 1 amide bonds. The summed E-state index contributed by atoms with van der Waals surface area (Å²) in [5, 5.41) is 18.2. The van der Waals surface area contributed by atoms with Gasteiger partial charge < -0.3 is 15.1 Å². The van der Waals surface area contributed by atoms with Crippen LogP contribution in [-0.4, -0.2) is 39.1 Å². The molecule has 98 valence electrons. The van der Waals surface area contributed by atoms with Gasteiger partial charge in [0.25, 0.3) is 5.91 Å². The first kappa shape index (κ1) is 14.0. The number of rotatable bonds is 3. The number of carbonyl (C=O) groups excluding carboxylic acids is 1. The van der Waals surface area contributed by atoms with Gasteiger partial charge in [0.05, 0.1) is 0 Å². The molecule has 2 N–H and O–H groups in total. The van der Waals surface area contributed by atoms with E-state index in [0.717, 1.165) is 0 Å². The third-order valence-electron chi connectivity index (χ3n) is 2.44. The molecule has 0 aromatic heterocycles. The van der Waals surface area contributed by atoms with Gasteiger partial charge in [0, 0.05) is 11.1 Å². The molecule has 0 saturated carbocycles. The van der Waals surface area contributed by atoms with Crippen molar-refractivity contribution in [3.8, 4) is 5.75 Å². The molecule has 0 radical (unpaired) electrons. The Hall–Kier alpha value is -2.04. The third-order valence-corrected chi connectivity index (χ3v) is 2.44. The van der Waals surface area contributed by atoms with Crippen LogP contribution in [0.15, 0.2) is 24.3 Å². The van der Waals surface area contributed by atoms with Crippen LogP contribution in [0, 0.1) is 0 Å². The average molecular weight is 251 g/mol. The van der Waals surface area contributed by atoms with Crippen LogP contribution >= 0.6 is 0 Å². The topological polar surface area (TPSA) is 77.8 Å². The molecule has 0 aliphatic heterocycles. The lowest BCUT2D eigenvalue weighted by molar-refractivity contribution is -0.138. The standard InChI is InChI=1S/C13H17NO4/c1-13(2,3)14(8-11(16)17)12(18)9-5-4-6-10(15)7-9/h4-7,15H,8H2,1-3H3,(H,16,17). The van der Waals surface area contributed by atoms with Crippen LogP contribution in [-0.2, 0) is 4.79 Å². The highest BCUT2D eigenvalue weighted by Gasteiger charge is 2.29. The van der Waals surface area contributed by atoms with Crippen molar-refractivity contribution in [2.24, 2.45) is 0 Å². The van der Waals surface area contributed by atoms with Crippen LogP contribution < -0.4 is 0 Å². The molecule has 0 aliphatic rings. The second-order valence-electron chi connectivity index (χ2n) is 5.01. The van der Waals surface area contributed by atoms with Gasteiger partial charge in [0.15, 0.2) is 0 Å². The molecule has 0 heterocycles. The smallest absolute Gasteiger partial charge is 0.323 e. The zero-order valence-corrected chi connectivity index (χ0v) is 10.7. The first-order valence-corrected chi connectivity index (χ1v) is 5.54. The van der Waals surface area contributed by atoms with Crippen molar-refractivity contribution >= 4 is 11.9 Å². The molecule has 0 fully saturated rings. The van der Waals surface area contributed by atoms with E-state index in [1.54, 1.807) is 32.9 Å². The minimum absolute atomic E-state index is 0.0231. The number of hydrogen-bond donors (Lipinski definition) is 2. The molecule has 0 saturated heterocycles. The minimum Gasteiger partial charge on any atom is -0.508 e. The van der Waals surface area contributed by atoms with E-state index in [0.29, 0.717) is 0 Å². The van der Waals surface area contributed by atoms with Gasteiger partial charge in [-0.3, -0.25) is 9.59 Å². The fourth-order valence-corrected chi connectivity index (χ4v) is 1.54. The largest absolute Gasteiger partial charge is 0.508 e. The summed E-state index contributed by atoms with van der Waals surface area (Å²) in [7, 11) is 0. The zero-order valence-electron chi connectivity index (χ0n) is 10.7. The van der Waals surface area contributed by atoms with Gasteiger partial charge in [-0.05, 0) is 39.0 Å². The first-order chi connectivity index (χ1) is 8.21. The zero-order chi connectivity index (χ0) is 13.9. The summed E-state index contributed by atoms with van der Waals surface area (Å²) in [6.45, 7) is 4.90. The van der Waals surface area contributed by atoms with E-state index in [1.165, 1.54) is 17.0 Å². The van der Waals surface area contributed by atoms with E-state index in [-0.39, 0.29) is 17.9 Å². The molecule has 5 nitrogen and oxygen atoms in total. The van der Waals surface area contributed by atoms with Crippen LogP contribution in [0.5, 0.6) is 5.75 Å². The van der Waals surface area contributed by atoms with Crippen molar-refractivity contribution in [3.63, 3.8) is 0 Å². The monoisotopic (exact) mass is 251 g/mol. The van der Waals surface area contributed by atoms with Crippen molar-refractivity contribution < 1.29 is 19.8 Å². The van der Waals surface area contributed by atoms with E-state index in [4.69, 9.17) is 5.11 Å². The maximum absolute atomic E-state index is 12.2. The van der Waals surface area contributed by atoms with Gasteiger partial charge >= 0.3 is 5.97 Å². The lowest BCUT2D eigenvalue weighted by Crippen LogP contribution is -2.48. The van der Waals surface area contributed by atoms with Gasteiger partial charge in [-0.1, -0.05) is 6.07 Å². The lowest BCUT2D eigenvalue weighted by atomic mass is 10.0. The van der Waals surface area contributed by atoms with Crippen molar-refractivity contribution in [1.82, 2.24) is 4.90 Å². The predicted molar refractivity (Wildman–Crippen MR) is 66.5 cm³/mol. The van der Waals surface area contributed by atoms with E-state index >= 15 is 0 Å². The van der Waals surface area contributed by atoms with Gasteiger partial charge in [-0.2, -0.15) is 0 Å². The number of aliphatic carboxylic acids is 1. The van der Waals surface area contributed by atoms with Crippen LogP contribution in [0.1, 0.15) is 31.1 Å². The number of carboxylic acids is 1. The van der Waals surface area contributed by atoms with Gasteiger partial charge in [-0.25, -0.2) is 0 Å². The predicted octanol–water partition coefficient (Wildman–Crippen LogP) is 1.72. The number of hydrogen-bond acceptors (Lipinski definition) is 3. The summed E-state index contributed by atoms with van der Waals surface area (Å²) < 4.78 is 0. The molecule has 0 bridgehead atoms. The molecule has 5 heteroatoms. The number of carbonyl (C=O) groups is 2. The molecule has 1 aromatic carbocycles. The normalized spacial score (nSPS) is 11.1. The summed E-state index contributed by atoms with van der Waals surface area (Å²) in [4.78, 5) is 24.3. The fourth-order valence-electron chi connectivity index (χ4n) is 1.54. The maximum Gasteiger partial charge on any atom is 0.323 e. The van der Waals surface area contributed by atoms with Crippen LogP contribution in [0.4, 0.5) is 0 Å². The number of benzene rings is 1. The van der Waals surface area contributed by atoms with E-state index in [1.807, 2.05) is 0 Å². The lowest BCUT2D eigenvalue weighted by Gasteiger charge is -2.34. The van der Waals surface area contributed by atoms with E-state index in [2.05, 4.69) is 0 Å². The number of nitrogens with zero attached hydrogens (tertiary/aromatic N) is 1. The Kier molecular flexibility index (Phi) is 3.96. The number of carboxylic acid groups (broad SMARTS) is 1. The van der Waals surface area contributed by atoms with Crippen molar-refractivity contribution in [2.75, 3.05) is 6.54 Å². The highest BCUT2D eigenvalue weighted by atomic mass is 16.4. The minimum atomic E-state index is -1.07. The summed E-state index contributed by atoms with van der Waals surface area (Å²) >= 11 is 0. The van der Waals surface area contributed by atoms with Crippen LogP contribution in [0.25, 0.3) is 0 Å². The van der Waals surface area contributed by atoms with Crippen LogP contribution in [0.2, 0.25) is 0 Å². The fraction of sp³-hybridized carbons (Fsp3) is 0.385. The van der Waals surface area contributed by atoms with Gasteiger partial charge in [0.1, 0.15) is 12.3 Å². The van der Waals surface area contributed by atoms with Gasteiger partial charge in [-0.15, -0.1) is 0 Å². The van der Waals surface area contributed by atoms with Crippen molar-refractivity contribution in [1.29, 1.82) is 0 Å². The number of aromatic hydroxyl groups is 1. The molecule has 18 heavy (non-hydrogen) atoms. The third kappa shape index (κ3) is 3.48. The summed E-state index contributed by atoms with van der Waals surface area (Å²) in [6.07, 6.45) is 0. The number of phenolic OH excluding ortho intramolecular Hbond substituents is 1. The Morgan fingerprint density at radius 3 is 2.33 bits per heavy atom. The Balaban J connectivity index is 3.06. The molecule has 0 atom stereocenters. The molecular formula is C13H17NO4. The summed E-state index contributed by atoms with van der Waals surface area (Å²) in [6, 6.07) is 5.87. The molecule has 1 aromatic rings. The first-order valence-electron chi connectivity index (χ1n) is 5.54. The van der Waals surface area contributed by atoms with Gasteiger partial charge in [0.2, 0.25) is 0 Å². The molecule has 1 rings (SSSR count). The quantitative estimate of drug-likeness (QED) is 0.857. The Morgan fingerprint density at radius 2 is 1.89 bits per heavy atom. The number of phenols is 1. The van der Waals surface area contributed by atoms with Crippen molar-refractivity contribution in [2.45, 2.75) is 26.3 Å². The summed E-state index contributed by atoms with van der Waals surface area (Å²) in [5.74, 6) is -1.51. The SMILES string of the molecule is CC(C)(C)N(CC(=O)O)C(=O)c1cccc(O)c1. The van der Waals surface area contributed by atoms with Crippen LogP contribution in [0.3, 0.4) is 0 Å². The average Bonchev–Trinajstić information content (AvgIpc) is 2.23. The maximum atomic E-state index is 12.2. The Morgan fingerprint density at radius 1 is 1.28 bits per heavy atom. The summed E-state index contributed by atoms with van der Waals surface area (Å²) in [5.41, 5.74) is -0.341. The van der Waals surface area contributed by atoms with E-state index in [9.17, 15) is 14.7 Å². The second-order valence-corrected chi connectivity index (χ2v) is 5.01. The Labute approximate surface area is 106 Å². The molecular weight excluding hydrogens is 234 g/mol. The highest BCUT2D eigenvalue weighted by molar-refractivity contribution is 5.96. The Bertz CT molecular complexity index is 462. The molecule has 0 unspecified atom stereocenters. The van der Waals surface area contributed by atoms with Crippen molar-refractivity contribution in [3.05, 3.63) is 29.8 Å². The molecule has 0 spiro atoms. The highest BCUT2D eigenvalue weighted by Crippen LogP contribution is 2.19. The van der Waals surface area contributed by atoms with E-state index < -0.39 is 17.4 Å². The molecule has 0 aliphatic carbocycles. The second kappa shape index (κ2) is 5.08.